The number of hydrogen-bond donors (Lipinski definition) is 2. The lowest BCUT2D eigenvalue weighted by Gasteiger charge is -2.37. The first kappa shape index (κ1) is 12.6. The summed E-state index contributed by atoms with van der Waals surface area (Å²) in [5.41, 5.74) is 0. The van der Waals surface area contributed by atoms with Crippen molar-refractivity contribution in [3.8, 4) is 0 Å². The zero-order valence-electron chi connectivity index (χ0n) is 9.36. The fourth-order valence-electron chi connectivity index (χ4n) is 2.30. The number of carbonyl (C=O) groups is 2. The van der Waals surface area contributed by atoms with Gasteiger partial charge in [-0.2, -0.15) is 12.6 Å². The molecule has 0 amide bonds. The zero-order valence-corrected chi connectivity index (χ0v) is 10.3. The van der Waals surface area contributed by atoms with E-state index in [0.717, 1.165) is 12.8 Å². The number of ketones is 1. The SMILES string of the molecule is CC1CCC(C(C)(C)S)C(=O)C1C(=O)O. The molecule has 0 saturated heterocycles. The highest BCUT2D eigenvalue weighted by molar-refractivity contribution is 7.81. The number of rotatable bonds is 2. The van der Waals surface area contributed by atoms with Gasteiger partial charge in [0, 0.05) is 10.7 Å². The molecular formula is C11H18O3S. The second kappa shape index (κ2) is 4.16. The van der Waals surface area contributed by atoms with Crippen molar-refractivity contribution in [1.29, 1.82) is 0 Å². The van der Waals surface area contributed by atoms with E-state index in [4.69, 9.17) is 5.11 Å². The van der Waals surface area contributed by atoms with Crippen molar-refractivity contribution in [2.45, 2.75) is 38.4 Å². The van der Waals surface area contributed by atoms with Gasteiger partial charge in [0.25, 0.3) is 0 Å². The van der Waals surface area contributed by atoms with Crippen LogP contribution >= 0.6 is 12.6 Å². The molecule has 0 aliphatic heterocycles. The largest absolute Gasteiger partial charge is 0.481 e. The van der Waals surface area contributed by atoms with Crippen molar-refractivity contribution in [2.24, 2.45) is 17.8 Å². The molecule has 0 aromatic rings. The molecule has 1 rings (SSSR count). The minimum atomic E-state index is -0.991. The van der Waals surface area contributed by atoms with Crippen LogP contribution in [-0.4, -0.2) is 21.6 Å². The van der Waals surface area contributed by atoms with E-state index in [0.29, 0.717) is 0 Å². The van der Waals surface area contributed by atoms with Gasteiger partial charge in [-0.05, 0) is 18.8 Å². The Kier molecular flexibility index (Phi) is 3.48. The summed E-state index contributed by atoms with van der Waals surface area (Å²) in [5, 5.41) is 9.02. The van der Waals surface area contributed by atoms with Crippen LogP contribution < -0.4 is 0 Å². The number of aliphatic carboxylic acids is 1. The van der Waals surface area contributed by atoms with Crippen LogP contribution in [0.2, 0.25) is 0 Å². The number of thiol groups is 1. The summed E-state index contributed by atoms with van der Waals surface area (Å²) < 4.78 is -0.426. The van der Waals surface area contributed by atoms with Crippen LogP contribution in [0, 0.1) is 17.8 Å². The van der Waals surface area contributed by atoms with Crippen molar-refractivity contribution in [1.82, 2.24) is 0 Å². The lowest BCUT2D eigenvalue weighted by Crippen LogP contribution is -2.45. The average molecular weight is 230 g/mol. The summed E-state index contributed by atoms with van der Waals surface area (Å²) >= 11 is 4.38. The van der Waals surface area contributed by atoms with Gasteiger partial charge in [0.05, 0.1) is 0 Å². The molecule has 0 bridgehead atoms. The van der Waals surface area contributed by atoms with E-state index in [1.807, 2.05) is 20.8 Å². The number of carbonyl (C=O) groups excluding carboxylic acids is 1. The highest BCUT2D eigenvalue weighted by atomic mass is 32.1. The fraction of sp³-hybridized carbons (Fsp3) is 0.818. The van der Waals surface area contributed by atoms with Crippen molar-refractivity contribution in [3.05, 3.63) is 0 Å². The van der Waals surface area contributed by atoms with Crippen LogP contribution in [-0.2, 0) is 9.59 Å². The van der Waals surface area contributed by atoms with Crippen LogP contribution in [0.4, 0.5) is 0 Å². The smallest absolute Gasteiger partial charge is 0.314 e. The molecule has 3 unspecified atom stereocenters. The third kappa shape index (κ3) is 2.54. The average Bonchev–Trinajstić information content (AvgIpc) is 2.00. The van der Waals surface area contributed by atoms with Gasteiger partial charge >= 0.3 is 5.97 Å². The maximum Gasteiger partial charge on any atom is 0.314 e. The van der Waals surface area contributed by atoms with E-state index in [-0.39, 0.29) is 17.6 Å². The normalized spacial score (nSPS) is 32.8. The summed E-state index contributed by atoms with van der Waals surface area (Å²) in [6, 6.07) is 0. The third-order valence-corrected chi connectivity index (χ3v) is 3.56. The Bertz CT molecular complexity index is 280. The highest BCUT2D eigenvalue weighted by Crippen LogP contribution is 2.39. The molecule has 1 aliphatic rings. The third-order valence-electron chi connectivity index (χ3n) is 3.25. The first-order chi connectivity index (χ1) is 6.75. The summed E-state index contributed by atoms with van der Waals surface area (Å²) in [4.78, 5) is 23.0. The van der Waals surface area contributed by atoms with Crippen molar-refractivity contribution >= 4 is 24.4 Å². The van der Waals surface area contributed by atoms with E-state index in [9.17, 15) is 9.59 Å². The molecule has 86 valence electrons. The Morgan fingerprint density at radius 2 is 2.00 bits per heavy atom. The molecule has 1 N–H and O–H groups in total. The second-order valence-electron chi connectivity index (χ2n) is 4.98. The minimum absolute atomic E-state index is 0.0538. The molecule has 1 saturated carbocycles. The monoisotopic (exact) mass is 230 g/mol. The standard InChI is InChI=1S/C11H18O3S/c1-6-4-5-7(11(2,3)15)9(12)8(6)10(13)14/h6-8,15H,4-5H2,1-3H3,(H,13,14). The molecule has 15 heavy (non-hydrogen) atoms. The molecule has 0 spiro atoms. The molecule has 3 atom stereocenters. The molecule has 0 aromatic heterocycles. The second-order valence-corrected chi connectivity index (χ2v) is 6.13. The number of Topliss-reactive ketones (excluding diaryl/α,β-unsaturated/α-hetero) is 1. The summed E-state index contributed by atoms with van der Waals surface area (Å²) in [7, 11) is 0. The Morgan fingerprint density at radius 3 is 2.40 bits per heavy atom. The quantitative estimate of drug-likeness (QED) is 0.563. The first-order valence-corrected chi connectivity index (χ1v) is 5.68. The molecule has 0 aromatic carbocycles. The number of carboxylic acids is 1. The van der Waals surface area contributed by atoms with E-state index in [1.165, 1.54) is 0 Å². The van der Waals surface area contributed by atoms with Crippen LogP contribution in [0.25, 0.3) is 0 Å². The lowest BCUT2D eigenvalue weighted by atomic mass is 9.70. The fourth-order valence-corrected chi connectivity index (χ4v) is 2.56. The first-order valence-electron chi connectivity index (χ1n) is 5.24. The van der Waals surface area contributed by atoms with Crippen molar-refractivity contribution < 1.29 is 14.7 Å². The molecule has 0 radical (unpaired) electrons. The van der Waals surface area contributed by atoms with Crippen LogP contribution in [0.5, 0.6) is 0 Å². The van der Waals surface area contributed by atoms with Crippen molar-refractivity contribution in [2.75, 3.05) is 0 Å². The van der Waals surface area contributed by atoms with Gasteiger partial charge in [-0.15, -0.1) is 0 Å². The molecule has 0 heterocycles. The van der Waals surface area contributed by atoms with Gasteiger partial charge in [0.15, 0.2) is 5.78 Å². The molecular weight excluding hydrogens is 212 g/mol. The minimum Gasteiger partial charge on any atom is -0.481 e. The molecule has 1 fully saturated rings. The maximum atomic E-state index is 12.0. The summed E-state index contributed by atoms with van der Waals surface area (Å²) in [6.45, 7) is 5.57. The molecule has 4 heteroatoms. The van der Waals surface area contributed by atoms with Gasteiger partial charge in [0.1, 0.15) is 5.92 Å². The Labute approximate surface area is 95.7 Å². The van der Waals surface area contributed by atoms with E-state index in [2.05, 4.69) is 12.6 Å². The Hall–Kier alpha value is -0.510. The van der Waals surface area contributed by atoms with Gasteiger partial charge in [-0.1, -0.05) is 20.8 Å². The highest BCUT2D eigenvalue weighted by Gasteiger charge is 2.45. The van der Waals surface area contributed by atoms with Gasteiger partial charge in [-0.3, -0.25) is 9.59 Å². The summed E-state index contributed by atoms with van der Waals surface area (Å²) in [5.74, 6) is -2.27. The lowest BCUT2D eigenvalue weighted by molar-refractivity contribution is -0.152. The van der Waals surface area contributed by atoms with Crippen LogP contribution in [0.1, 0.15) is 33.6 Å². The molecule has 3 nitrogen and oxygen atoms in total. The van der Waals surface area contributed by atoms with E-state index in [1.54, 1.807) is 0 Å². The molecule has 1 aliphatic carbocycles. The maximum absolute atomic E-state index is 12.0. The summed E-state index contributed by atoms with van der Waals surface area (Å²) in [6.07, 6.45) is 1.54. The van der Waals surface area contributed by atoms with E-state index >= 15 is 0 Å². The van der Waals surface area contributed by atoms with Crippen molar-refractivity contribution in [3.63, 3.8) is 0 Å². The number of carboxylic acid groups (broad SMARTS) is 1. The van der Waals surface area contributed by atoms with Gasteiger partial charge in [0.2, 0.25) is 0 Å². The topological polar surface area (TPSA) is 54.4 Å². The number of hydrogen-bond acceptors (Lipinski definition) is 3. The Morgan fingerprint density at radius 1 is 1.47 bits per heavy atom. The van der Waals surface area contributed by atoms with Gasteiger partial charge in [-0.25, -0.2) is 0 Å². The zero-order chi connectivity index (χ0) is 11.8. The predicted molar refractivity (Wildman–Crippen MR) is 61.1 cm³/mol. The van der Waals surface area contributed by atoms with E-state index < -0.39 is 16.6 Å². The van der Waals surface area contributed by atoms with Crippen LogP contribution in [0.15, 0.2) is 0 Å². The Balaban J connectivity index is 2.92. The predicted octanol–water partition coefficient (Wildman–Crippen LogP) is 2.01. The van der Waals surface area contributed by atoms with Crippen LogP contribution in [0.3, 0.4) is 0 Å². The van der Waals surface area contributed by atoms with Gasteiger partial charge < -0.3 is 5.11 Å².